The van der Waals surface area contributed by atoms with Crippen molar-refractivity contribution in [1.29, 1.82) is 0 Å². The normalized spacial score (nSPS) is 16.6. The largest absolute Gasteiger partial charge is 0.480 e. The van der Waals surface area contributed by atoms with E-state index in [4.69, 9.17) is 26.2 Å². The third-order valence-electron chi connectivity index (χ3n) is 2.99. The van der Waals surface area contributed by atoms with Crippen LogP contribution in [-0.2, 0) is 16.0 Å². The first kappa shape index (κ1) is 15.1. The highest BCUT2D eigenvalue weighted by molar-refractivity contribution is 6.30. The summed E-state index contributed by atoms with van der Waals surface area (Å²) in [4.78, 5) is 11.9. The molecule has 1 amide bonds. The van der Waals surface area contributed by atoms with Gasteiger partial charge in [0.05, 0.1) is 13.2 Å². The molecule has 2 N–H and O–H groups in total. The Bertz CT molecular complexity index is 466. The Morgan fingerprint density at radius 1 is 1.50 bits per heavy atom. The van der Waals surface area contributed by atoms with Crippen LogP contribution in [0.1, 0.15) is 12.0 Å². The average Bonchev–Trinajstić information content (AvgIpc) is 2.85. The van der Waals surface area contributed by atoms with Gasteiger partial charge in [-0.05, 0) is 30.2 Å². The highest BCUT2D eigenvalue weighted by Gasteiger charge is 2.28. The van der Waals surface area contributed by atoms with Crippen LogP contribution in [0.3, 0.4) is 0 Å². The number of rotatable bonds is 7. The van der Waals surface area contributed by atoms with E-state index >= 15 is 0 Å². The zero-order valence-corrected chi connectivity index (χ0v) is 11.9. The molecule has 6 heteroatoms. The number of aliphatic hydroxyl groups is 1. The van der Waals surface area contributed by atoms with Gasteiger partial charge in [-0.2, -0.15) is 0 Å². The van der Waals surface area contributed by atoms with Gasteiger partial charge in [-0.25, -0.2) is 0 Å². The zero-order chi connectivity index (χ0) is 14.4. The van der Waals surface area contributed by atoms with Gasteiger partial charge >= 0.3 is 0 Å². The summed E-state index contributed by atoms with van der Waals surface area (Å²) in [5.41, 5.74) is 0.962. The van der Waals surface area contributed by atoms with Gasteiger partial charge in [0.2, 0.25) is 0 Å². The lowest BCUT2D eigenvalue weighted by Gasteiger charge is -2.11. The molecule has 2 rings (SSSR count). The molecule has 1 aliphatic heterocycles. The van der Waals surface area contributed by atoms with E-state index in [1.807, 2.05) is 6.07 Å². The molecule has 20 heavy (non-hydrogen) atoms. The van der Waals surface area contributed by atoms with Crippen molar-refractivity contribution >= 4 is 17.5 Å². The lowest BCUT2D eigenvalue weighted by atomic mass is 10.1. The van der Waals surface area contributed by atoms with Crippen molar-refractivity contribution in [2.75, 3.05) is 26.4 Å². The number of hydrogen-bond acceptors (Lipinski definition) is 4. The van der Waals surface area contributed by atoms with E-state index in [1.54, 1.807) is 12.1 Å². The summed E-state index contributed by atoms with van der Waals surface area (Å²) in [7, 11) is 0. The third-order valence-corrected chi connectivity index (χ3v) is 3.22. The standard InChI is InChI=1S/C14H18ClNO4/c15-11-2-3-12-10(8-11)9-13(20-12)14(18)16-4-1-6-19-7-5-17/h2-3,8,13,17H,1,4-7,9H2,(H,16,18). The van der Waals surface area contributed by atoms with Crippen LogP contribution in [0.4, 0.5) is 0 Å². The summed E-state index contributed by atoms with van der Waals surface area (Å²) in [6.07, 6.45) is 0.766. The van der Waals surface area contributed by atoms with Crippen molar-refractivity contribution in [1.82, 2.24) is 5.32 Å². The highest BCUT2D eigenvalue weighted by atomic mass is 35.5. The SMILES string of the molecule is O=C(NCCCOCCO)C1Cc2cc(Cl)ccc2O1. The van der Waals surface area contributed by atoms with Crippen LogP contribution in [0, 0.1) is 0 Å². The molecule has 1 unspecified atom stereocenters. The third kappa shape index (κ3) is 4.10. The van der Waals surface area contributed by atoms with Crippen LogP contribution >= 0.6 is 11.6 Å². The number of carbonyl (C=O) groups is 1. The molecule has 5 nitrogen and oxygen atoms in total. The number of ether oxygens (including phenoxy) is 2. The van der Waals surface area contributed by atoms with Gasteiger partial charge in [-0.1, -0.05) is 11.6 Å². The number of benzene rings is 1. The molecule has 0 aliphatic carbocycles. The fourth-order valence-electron chi connectivity index (χ4n) is 2.03. The van der Waals surface area contributed by atoms with Gasteiger partial charge in [0.1, 0.15) is 5.75 Å². The van der Waals surface area contributed by atoms with E-state index < -0.39 is 6.10 Å². The van der Waals surface area contributed by atoms with Crippen LogP contribution in [0.5, 0.6) is 5.75 Å². The highest BCUT2D eigenvalue weighted by Crippen LogP contribution is 2.31. The Labute approximate surface area is 122 Å². The van der Waals surface area contributed by atoms with Crippen molar-refractivity contribution < 1.29 is 19.4 Å². The summed E-state index contributed by atoms with van der Waals surface area (Å²) in [6.45, 7) is 1.39. The quantitative estimate of drug-likeness (QED) is 0.742. The number of fused-ring (bicyclic) bond motifs is 1. The van der Waals surface area contributed by atoms with Crippen molar-refractivity contribution in [3.63, 3.8) is 0 Å². The van der Waals surface area contributed by atoms with Crippen molar-refractivity contribution in [2.24, 2.45) is 0 Å². The molecule has 1 aromatic carbocycles. The molecule has 1 atom stereocenters. The van der Waals surface area contributed by atoms with Gasteiger partial charge in [0.15, 0.2) is 6.10 Å². The lowest BCUT2D eigenvalue weighted by molar-refractivity contribution is -0.127. The smallest absolute Gasteiger partial charge is 0.261 e. The maximum absolute atomic E-state index is 11.9. The number of nitrogens with one attached hydrogen (secondary N) is 1. The van der Waals surface area contributed by atoms with Crippen LogP contribution in [0.15, 0.2) is 18.2 Å². The second-order valence-corrected chi connectivity index (χ2v) is 4.98. The number of carbonyl (C=O) groups excluding carboxylic acids is 1. The van der Waals surface area contributed by atoms with E-state index in [0.29, 0.717) is 37.6 Å². The molecule has 0 spiro atoms. The van der Waals surface area contributed by atoms with E-state index in [0.717, 1.165) is 11.3 Å². The summed E-state index contributed by atoms with van der Waals surface area (Å²) in [5.74, 6) is 0.598. The summed E-state index contributed by atoms with van der Waals surface area (Å²) < 4.78 is 10.7. The van der Waals surface area contributed by atoms with Gasteiger partial charge < -0.3 is 19.9 Å². The molecule has 0 aromatic heterocycles. The Hall–Kier alpha value is -1.30. The minimum Gasteiger partial charge on any atom is -0.480 e. The number of hydrogen-bond donors (Lipinski definition) is 2. The van der Waals surface area contributed by atoms with Crippen LogP contribution < -0.4 is 10.1 Å². The summed E-state index contributed by atoms with van der Waals surface area (Å²) in [5, 5.41) is 12.0. The number of halogens is 1. The molecular weight excluding hydrogens is 282 g/mol. The van der Waals surface area contributed by atoms with Gasteiger partial charge in [-0.3, -0.25) is 4.79 Å². The molecular formula is C14H18ClNO4. The fraction of sp³-hybridized carbons (Fsp3) is 0.500. The Morgan fingerprint density at radius 2 is 2.35 bits per heavy atom. The van der Waals surface area contributed by atoms with E-state index in [1.165, 1.54) is 0 Å². The monoisotopic (exact) mass is 299 g/mol. The van der Waals surface area contributed by atoms with Crippen LogP contribution in [0.2, 0.25) is 5.02 Å². The first-order valence-electron chi connectivity index (χ1n) is 6.62. The molecule has 110 valence electrons. The lowest BCUT2D eigenvalue weighted by Crippen LogP contribution is -2.38. The molecule has 0 fully saturated rings. The second-order valence-electron chi connectivity index (χ2n) is 4.54. The van der Waals surface area contributed by atoms with Gasteiger partial charge in [-0.15, -0.1) is 0 Å². The molecule has 1 heterocycles. The molecule has 0 bridgehead atoms. The molecule has 0 radical (unpaired) electrons. The first-order valence-corrected chi connectivity index (χ1v) is 7.00. The van der Waals surface area contributed by atoms with Crippen LogP contribution in [0.25, 0.3) is 0 Å². The van der Waals surface area contributed by atoms with Crippen molar-refractivity contribution in [3.05, 3.63) is 28.8 Å². The molecule has 0 saturated carbocycles. The Kier molecular flexibility index (Phi) is 5.64. The Balaban J connectivity index is 1.70. The zero-order valence-electron chi connectivity index (χ0n) is 11.1. The minimum absolute atomic E-state index is 0.0170. The topological polar surface area (TPSA) is 67.8 Å². The minimum atomic E-state index is -0.484. The maximum atomic E-state index is 11.9. The fourth-order valence-corrected chi connectivity index (χ4v) is 2.22. The summed E-state index contributed by atoms with van der Waals surface area (Å²) in [6, 6.07) is 5.36. The van der Waals surface area contributed by atoms with E-state index in [2.05, 4.69) is 5.32 Å². The van der Waals surface area contributed by atoms with Crippen molar-refractivity contribution in [3.8, 4) is 5.75 Å². The molecule has 1 aromatic rings. The average molecular weight is 300 g/mol. The molecule has 1 aliphatic rings. The van der Waals surface area contributed by atoms with Crippen LogP contribution in [-0.4, -0.2) is 43.5 Å². The van der Waals surface area contributed by atoms with Gasteiger partial charge in [0, 0.05) is 24.6 Å². The van der Waals surface area contributed by atoms with E-state index in [-0.39, 0.29) is 12.5 Å². The van der Waals surface area contributed by atoms with E-state index in [9.17, 15) is 4.79 Å². The predicted molar refractivity (Wildman–Crippen MR) is 75.1 cm³/mol. The number of amides is 1. The number of aliphatic hydroxyl groups excluding tert-OH is 1. The first-order chi connectivity index (χ1) is 9.70. The predicted octanol–water partition coefficient (Wildman–Crippen LogP) is 1.16. The molecule has 0 saturated heterocycles. The Morgan fingerprint density at radius 3 is 3.15 bits per heavy atom. The van der Waals surface area contributed by atoms with Crippen molar-refractivity contribution in [2.45, 2.75) is 18.9 Å². The van der Waals surface area contributed by atoms with Gasteiger partial charge in [0.25, 0.3) is 5.91 Å². The summed E-state index contributed by atoms with van der Waals surface area (Å²) >= 11 is 5.91. The maximum Gasteiger partial charge on any atom is 0.261 e. The second kappa shape index (κ2) is 7.47.